The molecule has 0 amide bonds. The highest BCUT2D eigenvalue weighted by molar-refractivity contribution is 9.11. The summed E-state index contributed by atoms with van der Waals surface area (Å²) in [6, 6.07) is 0.756. The zero-order valence-corrected chi connectivity index (χ0v) is 10.9. The van der Waals surface area contributed by atoms with Crippen LogP contribution >= 0.6 is 27.3 Å². The molecule has 0 aliphatic carbocycles. The number of thiazole rings is 1. The van der Waals surface area contributed by atoms with Gasteiger partial charge in [0, 0.05) is 6.04 Å². The Hall–Kier alpha value is -0.190. The highest BCUT2D eigenvalue weighted by Gasteiger charge is 2.11. The van der Waals surface area contributed by atoms with E-state index in [-0.39, 0.29) is 0 Å². The molecule has 4 heteroatoms. The van der Waals surface area contributed by atoms with Gasteiger partial charge in [-0.05, 0) is 36.2 Å². The van der Waals surface area contributed by atoms with Crippen molar-refractivity contribution >= 4 is 27.3 Å². The lowest BCUT2D eigenvalue weighted by atomic mass is 10.2. The van der Waals surface area contributed by atoms with Crippen LogP contribution in [0.5, 0.6) is 0 Å². The fraction of sp³-hybridized carbons (Fsp3) is 0.500. The number of rotatable bonds is 5. The van der Waals surface area contributed by atoms with Crippen LogP contribution < -0.4 is 5.32 Å². The van der Waals surface area contributed by atoms with Crippen molar-refractivity contribution in [3.63, 3.8) is 0 Å². The summed E-state index contributed by atoms with van der Waals surface area (Å²) < 4.78 is 1.08. The minimum absolute atomic E-state index is 0.307. The van der Waals surface area contributed by atoms with E-state index in [2.05, 4.69) is 46.7 Å². The third-order valence-electron chi connectivity index (χ3n) is 1.92. The summed E-state index contributed by atoms with van der Waals surface area (Å²) in [6.07, 6.45) is 4.76. The lowest BCUT2D eigenvalue weighted by Gasteiger charge is -2.16. The Bertz CT molecular complexity index is 298. The quantitative estimate of drug-likeness (QED) is 0.832. The lowest BCUT2D eigenvalue weighted by molar-refractivity contribution is 0.481. The monoisotopic (exact) mass is 274 g/mol. The van der Waals surface area contributed by atoms with E-state index < -0.39 is 0 Å². The van der Waals surface area contributed by atoms with Gasteiger partial charge >= 0.3 is 0 Å². The molecule has 2 unspecified atom stereocenters. The van der Waals surface area contributed by atoms with Gasteiger partial charge in [0.05, 0.1) is 16.0 Å². The minimum Gasteiger partial charge on any atom is -0.305 e. The molecule has 0 aromatic carbocycles. The molecule has 14 heavy (non-hydrogen) atoms. The summed E-state index contributed by atoms with van der Waals surface area (Å²) in [5, 5.41) is 4.58. The van der Waals surface area contributed by atoms with Crippen molar-refractivity contribution < 1.29 is 0 Å². The molecule has 1 aromatic rings. The second-order valence-corrected chi connectivity index (χ2v) is 5.76. The maximum atomic E-state index is 4.31. The van der Waals surface area contributed by atoms with Gasteiger partial charge < -0.3 is 5.32 Å². The second-order valence-electron chi connectivity index (χ2n) is 3.32. The third kappa shape index (κ3) is 3.52. The minimum atomic E-state index is 0.307. The number of halogens is 1. The highest BCUT2D eigenvalue weighted by atomic mass is 79.9. The van der Waals surface area contributed by atoms with Gasteiger partial charge in [0.25, 0.3) is 0 Å². The van der Waals surface area contributed by atoms with Gasteiger partial charge in [-0.2, -0.15) is 0 Å². The van der Waals surface area contributed by atoms with Crippen molar-refractivity contribution in [3.8, 4) is 0 Å². The van der Waals surface area contributed by atoms with Crippen LogP contribution in [0.4, 0.5) is 0 Å². The molecule has 78 valence electrons. The molecule has 1 N–H and O–H groups in total. The Morgan fingerprint density at radius 3 is 2.93 bits per heavy atom. The van der Waals surface area contributed by atoms with E-state index in [9.17, 15) is 0 Å². The maximum absolute atomic E-state index is 4.31. The fourth-order valence-corrected chi connectivity index (χ4v) is 2.54. The van der Waals surface area contributed by atoms with Crippen molar-refractivity contribution in [2.75, 3.05) is 0 Å². The summed E-state index contributed by atoms with van der Waals surface area (Å²) in [4.78, 5) is 4.31. The molecule has 2 nitrogen and oxygen atoms in total. The molecule has 1 aromatic heterocycles. The number of nitrogens with zero attached hydrogens (tertiary/aromatic N) is 1. The predicted octanol–water partition coefficient (Wildman–Crippen LogP) is 3.52. The summed E-state index contributed by atoms with van der Waals surface area (Å²) in [7, 11) is 0. The zero-order valence-electron chi connectivity index (χ0n) is 8.46. The van der Waals surface area contributed by atoms with E-state index in [1.807, 2.05) is 12.3 Å². The van der Waals surface area contributed by atoms with Crippen LogP contribution in [0, 0.1) is 0 Å². The van der Waals surface area contributed by atoms with E-state index >= 15 is 0 Å². The Morgan fingerprint density at radius 1 is 1.71 bits per heavy atom. The third-order valence-corrected chi connectivity index (χ3v) is 3.58. The first kappa shape index (κ1) is 11.9. The van der Waals surface area contributed by atoms with Gasteiger partial charge in [-0.3, -0.25) is 0 Å². The van der Waals surface area contributed by atoms with Gasteiger partial charge in [0.15, 0.2) is 0 Å². The van der Waals surface area contributed by atoms with Crippen LogP contribution in [0.3, 0.4) is 0 Å². The largest absolute Gasteiger partial charge is 0.305 e. The smallest absolute Gasteiger partial charge is 0.110 e. The van der Waals surface area contributed by atoms with Gasteiger partial charge in [0.1, 0.15) is 5.01 Å². The Balaban J connectivity index is 2.49. The van der Waals surface area contributed by atoms with Crippen molar-refractivity contribution in [1.82, 2.24) is 10.3 Å². The second kappa shape index (κ2) is 5.63. The Morgan fingerprint density at radius 2 is 2.43 bits per heavy atom. The van der Waals surface area contributed by atoms with Crippen LogP contribution in [-0.2, 0) is 0 Å². The van der Waals surface area contributed by atoms with Crippen LogP contribution in [0.25, 0.3) is 0 Å². The van der Waals surface area contributed by atoms with Gasteiger partial charge in [-0.1, -0.05) is 6.08 Å². The van der Waals surface area contributed by atoms with Crippen molar-refractivity contribution in [3.05, 3.63) is 27.6 Å². The summed E-state index contributed by atoms with van der Waals surface area (Å²) in [5.41, 5.74) is 0. The molecule has 0 bridgehead atoms. The molecule has 0 radical (unpaired) electrons. The first-order chi connectivity index (χ1) is 6.63. The molecule has 1 rings (SSSR count). The molecule has 0 aliphatic rings. The van der Waals surface area contributed by atoms with Crippen molar-refractivity contribution in [2.45, 2.75) is 32.4 Å². The standard InChI is InChI=1S/C10H15BrN2S/c1-4-5-7(2)13-8(3)10-12-6-9(11)14-10/h4,6-8,13H,1,5H2,2-3H3. The molecule has 2 atom stereocenters. The molecule has 0 spiro atoms. The van der Waals surface area contributed by atoms with Crippen LogP contribution in [0.2, 0.25) is 0 Å². The zero-order chi connectivity index (χ0) is 10.6. The molecule has 0 aliphatic heterocycles. The SMILES string of the molecule is C=CCC(C)NC(C)c1ncc(Br)s1. The topological polar surface area (TPSA) is 24.9 Å². The average Bonchev–Trinajstić information content (AvgIpc) is 2.52. The average molecular weight is 275 g/mol. The lowest BCUT2D eigenvalue weighted by Crippen LogP contribution is -2.28. The number of hydrogen-bond donors (Lipinski definition) is 1. The van der Waals surface area contributed by atoms with Crippen LogP contribution in [0.15, 0.2) is 22.6 Å². The summed E-state index contributed by atoms with van der Waals surface area (Å²) >= 11 is 5.08. The van der Waals surface area contributed by atoms with E-state index in [4.69, 9.17) is 0 Å². The van der Waals surface area contributed by atoms with E-state index in [0.717, 1.165) is 15.2 Å². The van der Waals surface area contributed by atoms with Gasteiger partial charge in [-0.15, -0.1) is 17.9 Å². The Labute approximate surface area is 97.6 Å². The predicted molar refractivity (Wildman–Crippen MR) is 65.6 cm³/mol. The fourth-order valence-electron chi connectivity index (χ4n) is 1.28. The number of hydrogen-bond acceptors (Lipinski definition) is 3. The summed E-state index contributed by atoms with van der Waals surface area (Å²) in [5.74, 6) is 0. The molecule has 0 saturated heterocycles. The first-order valence-electron chi connectivity index (χ1n) is 4.61. The maximum Gasteiger partial charge on any atom is 0.110 e. The van der Waals surface area contributed by atoms with Gasteiger partial charge in [0.2, 0.25) is 0 Å². The highest BCUT2D eigenvalue weighted by Crippen LogP contribution is 2.24. The first-order valence-corrected chi connectivity index (χ1v) is 6.22. The van der Waals surface area contributed by atoms with E-state index in [1.54, 1.807) is 11.3 Å². The van der Waals surface area contributed by atoms with E-state index in [1.165, 1.54) is 0 Å². The van der Waals surface area contributed by atoms with Crippen LogP contribution in [-0.4, -0.2) is 11.0 Å². The molecular weight excluding hydrogens is 260 g/mol. The van der Waals surface area contributed by atoms with Crippen molar-refractivity contribution in [2.24, 2.45) is 0 Å². The number of nitrogens with one attached hydrogen (secondary N) is 1. The summed E-state index contributed by atoms with van der Waals surface area (Å²) in [6.45, 7) is 8.01. The normalized spacial score (nSPS) is 15.1. The molecular formula is C10H15BrN2S. The van der Waals surface area contributed by atoms with E-state index in [0.29, 0.717) is 12.1 Å². The Kier molecular flexibility index (Phi) is 4.78. The number of aromatic nitrogens is 1. The molecule has 0 fully saturated rings. The van der Waals surface area contributed by atoms with Crippen molar-refractivity contribution in [1.29, 1.82) is 0 Å². The van der Waals surface area contributed by atoms with Crippen LogP contribution in [0.1, 0.15) is 31.3 Å². The molecule has 0 saturated carbocycles. The molecule has 1 heterocycles. The van der Waals surface area contributed by atoms with Gasteiger partial charge in [-0.25, -0.2) is 4.98 Å².